The van der Waals surface area contributed by atoms with Crippen molar-refractivity contribution in [1.29, 1.82) is 0 Å². The van der Waals surface area contributed by atoms with Gasteiger partial charge in [-0.25, -0.2) is 9.97 Å². The summed E-state index contributed by atoms with van der Waals surface area (Å²) in [5, 5.41) is 12.3. The Labute approximate surface area is 184 Å². The van der Waals surface area contributed by atoms with Gasteiger partial charge in [0.05, 0.1) is 38.6 Å². The van der Waals surface area contributed by atoms with E-state index < -0.39 is 0 Å². The highest BCUT2D eigenvalue weighted by molar-refractivity contribution is 5.95. The number of nitrogens with zero attached hydrogens (tertiary/aromatic N) is 3. The van der Waals surface area contributed by atoms with Crippen molar-refractivity contribution < 1.29 is 14.2 Å². The summed E-state index contributed by atoms with van der Waals surface area (Å²) in [7, 11) is 4.85. The summed E-state index contributed by atoms with van der Waals surface area (Å²) in [5.74, 6) is 3.15. The first-order valence-corrected chi connectivity index (χ1v) is 9.97. The highest BCUT2D eigenvalue weighted by Crippen LogP contribution is 2.36. The van der Waals surface area contributed by atoms with Gasteiger partial charge < -0.3 is 19.5 Å². The minimum Gasteiger partial charge on any atom is -0.497 e. The van der Waals surface area contributed by atoms with Crippen LogP contribution in [0.5, 0.6) is 17.2 Å². The average Bonchev–Trinajstić information content (AvgIpc) is 3.31. The van der Waals surface area contributed by atoms with Gasteiger partial charge in [-0.15, -0.1) is 0 Å². The van der Waals surface area contributed by atoms with E-state index in [1.54, 1.807) is 27.5 Å². The SMILES string of the molecule is COc1cccc(-c2nc(Nc3ccc4[nH]ncc4c3)c3cc(OC)c(OC)cc3n2)c1. The van der Waals surface area contributed by atoms with E-state index in [2.05, 4.69) is 15.5 Å². The molecule has 2 heterocycles. The number of fused-ring (bicyclic) bond motifs is 2. The molecule has 8 heteroatoms. The molecule has 0 saturated heterocycles. The molecule has 0 saturated carbocycles. The number of aromatic nitrogens is 4. The molecule has 5 rings (SSSR count). The molecule has 5 aromatic rings. The van der Waals surface area contributed by atoms with Crippen LogP contribution in [0, 0.1) is 0 Å². The van der Waals surface area contributed by atoms with Crippen LogP contribution in [0.3, 0.4) is 0 Å². The molecule has 0 aliphatic rings. The Kier molecular flexibility index (Phi) is 4.95. The lowest BCUT2D eigenvalue weighted by Crippen LogP contribution is -2.01. The fourth-order valence-electron chi connectivity index (χ4n) is 3.60. The highest BCUT2D eigenvalue weighted by Gasteiger charge is 2.15. The third-order valence-electron chi connectivity index (χ3n) is 5.23. The van der Waals surface area contributed by atoms with Gasteiger partial charge in [-0.05, 0) is 36.4 Å². The molecular formula is C24H21N5O3. The molecule has 32 heavy (non-hydrogen) atoms. The van der Waals surface area contributed by atoms with Crippen LogP contribution in [0.15, 0.2) is 60.8 Å². The topological polar surface area (TPSA) is 94.2 Å². The summed E-state index contributed by atoms with van der Waals surface area (Å²) >= 11 is 0. The van der Waals surface area contributed by atoms with E-state index in [9.17, 15) is 0 Å². The van der Waals surface area contributed by atoms with Crippen molar-refractivity contribution in [3.63, 3.8) is 0 Å². The fraction of sp³-hybridized carbons (Fsp3) is 0.125. The number of hydrogen-bond acceptors (Lipinski definition) is 7. The van der Waals surface area contributed by atoms with Crippen molar-refractivity contribution in [2.75, 3.05) is 26.6 Å². The maximum atomic E-state index is 5.50. The number of rotatable bonds is 6. The lowest BCUT2D eigenvalue weighted by atomic mass is 10.1. The Balaban J connectivity index is 1.69. The van der Waals surface area contributed by atoms with E-state index in [0.717, 1.165) is 38.8 Å². The Morgan fingerprint density at radius 2 is 1.69 bits per heavy atom. The van der Waals surface area contributed by atoms with E-state index in [1.807, 2.05) is 54.6 Å². The molecule has 0 bridgehead atoms. The molecule has 0 fully saturated rings. The Hall–Kier alpha value is -4.33. The molecular weight excluding hydrogens is 406 g/mol. The number of ether oxygens (including phenoxy) is 3. The third kappa shape index (κ3) is 3.51. The van der Waals surface area contributed by atoms with Crippen molar-refractivity contribution in [2.24, 2.45) is 0 Å². The van der Waals surface area contributed by atoms with Crippen LogP contribution in [0.4, 0.5) is 11.5 Å². The number of aromatic amines is 1. The Bertz CT molecular complexity index is 1430. The number of H-pyrrole nitrogens is 1. The molecule has 8 nitrogen and oxygen atoms in total. The summed E-state index contributed by atoms with van der Waals surface area (Å²) in [6.07, 6.45) is 1.79. The lowest BCUT2D eigenvalue weighted by Gasteiger charge is -2.14. The van der Waals surface area contributed by atoms with E-state index in [1.165, 1.54) is 0 Å². The number of nitrogens with one attached hydrogen (secondary N) is 2. The lowest BCUT2D eigenvalue weighted by molar-refractivity contribution is 0.356. The van der Waals surface area contributed by atoms with Crippen LogP contribution in [-0.4, -0.2) is 41.5 Å². The fourth-order valence-corrected chi connectivity index (χ4v) is 3.60. The second kappa shape index (κ2) is 8.07. The van der Waals surface area contributed by atoms with Gasteiger partial charge in [0.1, 0.15) is 11.6 Å². The van der Waals surface area contributed by atoms with Gasteiger partial charge in [0.2, 0.25) is 0 Å². The molecule has 0 amide bonds. The standard InChI is InChI=1S/C24H21N5O3/c1-30-17-6-4-5-14(10-17)23-27-20-12-22(32-3)21(31-2)11-18(20)24(28-23)26-16-7-8-19-15(9-16)13-25-29-19/h4-13H,1-3H3,(H,25,29)(H,26,27,28). The molecule has 0 atom stereocenters. The quantitative estimate of drug-likeness (QED) is 0.396. The van der Waals surface area contributed by atoms with Crippen LogP contribution < -0.4 is 19.5 Å². The zero-order valence-corrected chi connectivity index (χ0v) is 17.8. The molecule has 0 radical (unpaired) electrons. The first-order valence-electron chi connectivity index (χ1n) is 9.97. The minimum atomic E-state index is 0.565. The smallest absolute Gasteiger partial charge is 0.162 e. The zero-order valence-electron chi connectivity index (χ0n) is 17.8. The largest absolute Gasteiger partial charge is 0.497 e. The zero-order chi connectivity index (χ0) is 22.1. The normalized spacial score (nSPS) is 11.0. The van der Waals surface area contributed by atoms with Crippen molar-refractivity contribution >= 4 is 33.3 Å². The molecule has 3 aromatic carbocycles. The Morgan fingerprint density at radius 3 is 2.50 bits per heavy atom. The van der Waals surface area contributed by atoms with Gasteiger partial charge in [-0.1, -0.05) is 12.1 Å². The monoisotopic (exact) mass is 427 g/mol. The van der Waals surface area contributed by atoms with Crippen molar-refractivity contribution in [1.82, 2.24) is 20.2 Å². The molecule has 160 valence electrons. The number of methoxy groups -OCH3 is 3. The van der Waals surface area contributed by atoms with Crippen LogP contribution >= 0.6 is 0 Å². The predicted octanol–water partition coefficient (Wildman–Crippen LogP) is 4.94. The van der Waals surface area contributed by atoms with Gasteiger partial charge >= 0.3 is 0 Å². The maximum Gasteiger partial charge on any atom is 0.162 e. The summed E-state index contributed by atoms with van der Waals surface area (Å²) < 4.78 is 16.4. The van der Waals surface area contributed by atoms with Crippen LogP contribution in [0.2, 0.25) is 0 Å². The van der Waals surface area contributed by atoms with Gasteiger partial charge in [0.15, 0.2) is 17.3 Å². The molecule has 2 aromatic heterocycles. The van der Waals surface area contributed by atoms with Crippen LogP contribution in [0.25, 0.3) is 33.2 Å². The van der Waals surface area contributed by atoms with Crippen molar-refractivity contribution in [3.8, 4) is 28.6 Å². The van der Waals surface area contributed by atoms with Gasteiger partial charge in [-0.3, -0.25) is 5.10 Å². The van der Waals surface area contributed by atoms with Crippen molar-refractivity contribution in [3.05, 3.63) is 60.8 Å². The number of anilines is 2. The molecule has 2 N–H and O–H groups in total. The maximum absolute atomic E-state index is 5.50. The van der Waals surface area contributed by atoms with Gasteiger partial charge in [0, 0.05) is 28.1 Å². The first kappa shape index (κ1) is 19.6. The van der Waals surface area contributed by atoms with Gasteiger partial charge in [0.25, 0.3) is 0 Å². The second-order valence-electron chi connectivity index (χ2n) is 7.15. The summed E-state index contributed by atoms with van der Waals surface area (Å²) in [4.78, 5) is 9.63. The summed E-state index contributed by atoms with van der Waals surface area (Å²) in [6, 6.07) is 17.3. The molecule has 0 spiro atoms. The second-order valence-corrected chi connectivity index (χ2v) is 7.15. The van der Waals surface area contributed by atoms with E-state index in [-0.39, 0.29) is 0 Å². The van der Waals surface area contributed by atoms with E-state index in [4.69, 9.17) is 24.2 Å². The molecule has 0 unspecified atom stereocenters. The number of hydrogen-bond donors (Lipinski definition) is 2. The van der Waals surface area contributed by atoms with Crippen molar-refractivity contribution in [2.45, 2.75) is 0 Å². The van der Waals surface area contributed by atoms with Gasteiger partial charge in [-0.2, -0.15) is 5.10 Å². The van der Waals surface area contributed by atoms with Crippen LogP contribution in [-0.2, 0) is 0 Å². The molecule has 0 aliphatic carbocycles. The summed E-state index contributed by atoms with van der Waals surface area (Å²) in [5.41, 5.74) is 3.41. The Morgan fingerprint density at radius 1 is 0.844 bits per heavy atom. The number of benzene rings is 3. The van der Waals surface area contributed by atoms with E-state index >= 15 is 0 Å². The van der Waals surface area contributed by atoms with Crippen LogP contribution in [0.1, 0.15) is 0 Å². The summed E-state index contributed by atoms with van der Waals surface area (Å²) in [6.45, 7) is 0. The molecule has 0 aliphatic heterocycles. The average molecular weight is 427 g/mol. The minimum absolute atomic E-state index is 0.565. The highest BCUT2D eigenvalue weighted by atomic mass is 16.5. The van der Waals surface area contributed by atoms with E-state index in [0.29, 0.717) is 23.1 Å². The predicted molar refractivity (Wildman–Crippen MR) is 124 cm³/mol. The third-order valence-corrected chi connectivity index (χ3v) is 5.23. The first-order chi connectivity index (χ1) is 15.7.